The molecule has 6 nitrogen and oxygen atoms in total. The number of para-hydroxylation sites is 1. The molecule has 1 saturated heterocycles. The van der Waals surface area contributed by atoms with Gasteiger partial charge in [0.1, 0.15) is 11.5 Å². The maximum atomic E-state index is 14.0. The van der Waals surface area contributed by atoms with Crippen molar-refractivity contribution in [3.63, 3.8) is 0 Å². The second-order valence-electron chi connectivity index (χ2n) is 7.73. The molecule has 34 heavy (non-hydrogen) atoms. The number of Topliss-reactive ketones (excluding diaryl/α,β-unsaturated/α-hetero) is 1. The van der Waals surface area contributed by atoms with Gasteiger partial charge in [-0.15, -0.1) is 0 Å². The monoisotopic (exact) mass is 480 g/mol. The maximum absolute atomic E-state index is 14.0. The van der Waals surface area contributed by atoms with Crippen LogP contribution in [-0.4, -0.2) is 26.9 Å². The molecule has 0 spiro atoms. The Balaban J connectivity index is 1.78. The number of anilines is 1. The molecule has 1 amide bonds. The van der Waals surface area contributed by atoms with Crippen LogP contribution in [0.4, 0.5) is 14.5 Å². The van der Waals surface area contributed by atoms with Crippen LogP contribution >= 0.6 is 11.6 Å². The van der Waals surface area contributed by atoms with Gasteiger partial charge in [-0.2, -0.15) is 0 Å². The largest absolute Gasteiger partial charge is 0.507 e. The third kappa shape index (κ3) is 3.31. The lowest BCUT2D eigenvalue weighted by atomic mass is 9.95. The molecule has 5 rings (SSSR count). The normalized spacial score (nSPS) is 17.6. The molecule has 1 aliphatic heterocycles. The van der Waals surface area contributed by atoms with E-state index in [4.69, 9.17) is 11.6 Å². The summed E-state index contributed by atoms with van der Waals surface area (Å²) in [6, 6.07) is 12.7. The van der Waals surface area contributed by atoms with Crippen molar-refractivity contribution < 1.29 is 28.6 Å². The molecular weight excluding hydrogens is 466 g/mol. The van der Waals surface area contributed by atoms with Gasteiger partial charge in [-0.1, -0.05) is 35.9 Å². The Bertz CT molecular complexity index is 1530. The second-order valence-corrected chi connectivity index (χ2v) is 8.13. The predicted octanol–water partition coefficient (Wildman–Crippen LogP) is 5.43. The topological polar surface area (TPSA) is 93.6 Å². The van der Waals surface area contributed by atoms with Crippen LogP contribution in [0.5, 0.6) is 5.75 Å². The third-order valence-corrected chi connectivity index (χ3v) is 6.06. The van der Waals surface area contributed by atoms with Crippen molar-refractivity contribution in [2.45, 2.75) is 6.04 Å². The Labute approximate surface area is 196 Å². The number of carbonyl (C=O) groups excluding carboxylic acids is 2. The fourth-order valence-electron chi connectivity index (χ4n) is 4.15. The van der Waals surface area contributed by atoms with E-state index in [9.17, 15) is 28.6 Å². The molecule has 4 aromatic rings. The van der Waals surface area contributed by atoms with E-state index in [1.807, 2.05) is 0 Å². The van der Waals surface area contributed by atoms with Gasteiger partial charge in [0.05, 0.1) is 16.6 Å². The fourth-order valence-corrected chi connectivity index (χ4v) is 4.34. The van der Waals surface area contributed by atoms with Crippen molar-refractivity contribution in [1.29, 1.82) is 0 Å². The summed E-state index contributed by atoms with van der Waals surface area (Å²) in [5.74, 6) is -5.06. The second kappa shape index (κ2) is 8.00. The first-order valence-corrected chi connectivity index (χ1v) is 10.5. The number of carbonyl (C=O) groups is 2. The molecular formula is C25H15ClF2N2O4. The smallest absolute Gasteiger partial charge is 0.300 e. The minimum absolute atomic E-state index is 0.0551. The van der Waals surface area contributed by atoms with E-state index in [0.717, 1.165) is 23.1 Å². The molecule has 0 aliphatic carbocycles. The minimum Gasteiger partial charge on any atom is -0.507 e. The third-order valence-electron chi connectivity index (χ3n) is 5.76. The molecule has 3 N–H and O–H groups in total. The van der Waals surface area contributed by atoms with E-state index in [-0.39, 0.29) is 33.2 Å². The zero-order chi connectivity index (χ0) is 24.1. The van der Waals surface area contributed by atoms with Crippen molar-refractivity contribution in [2.75, 3.05) is 4.90 Å². The van der Waals surface area contributed by atoms with Crippen molar-refractivity contribution in [3.05, 3.63) is 100 Å². The maximum Gasteiger partial charge on any atom is 0.300 e. The Morgan fingerprint density at radius 3 is 2.50 bits per heavy atom. The molecule has 0 saturated carbocycles. The molecule has 0 radical (unpaired) electrons. The predicted molar refractivity (Wildman–Crippen MR) is 123 cm³/mol. The molecule has 9 heteroatoms. The molecule has 170 valence electrons. The molecule has 1 fully saturated rings. The van der Waals surface area contributed by atoms with Crippen LogP contribution in [0.3, 0.4) is 0 Å². The number of fused-ring (bicyclic) bond motifs is 1. The van der Waals surface area contributed by atoms with Crippen molar-refractivity contribution >= 4 is 45.6 Å². The molecule has 1 aliphatic rings. The number of aromatic hydroxyl groups is 1. The molecule has 1 unspecified atom stereocenters. The number of amides is 1. The number of hydrogen-bond acceptors (Lipinski definition) is 4. The minimum atomic E-state index is -1.23. The van der Waals surface area contributed by atoms with Gasteiger partial charge in [-0.05, 0) is 35.9 Å². The zero-order valence-electron chi connectivity index (χ0n) is 17.2. The fraction of sp³-hybridized carbons (Fsp3) is 0.0400. The number of benzene rings is 3. The van der Waals surface area contributed by atoms with Gasteiger partial charge < -0.3 is 15.2 Å². The van der Waals surface area contributed by atoms with Gasteiger partial charge >= 0.3 is 0 Å². The van der Waals surface area contributed by atoms with Crippen LogP contribution < -0.4 is 4.90 Å². The number of H-pyrrole nitrogens is 1. The summed E-state index contributed by atoms with van der Waals surface area (Å²) in [4.78, 5) is 30.3. The molecule has 1 atom stereocenters. The average molecular weight is 481 g/mol. The Morgan fingerprint density at radius 2 is 1.76 bits per heavy atom. The lowest BCUT2D eigenvalue weighted by molar-refractivity contribution is -0.132. The number of aliphatic hydroxyl groups is 1. The van der Waals surface area contributed by atoms with Crippen molar-refractivity contribution in [3.8, 4) is 5.75 Å². The first-order valence-electron chi connectivity index (χ1n) is 10.1. The Kier molecular flexibility index (Phi) is 5.10. The van der Waals surface area contributed by atoms with Crippen LogP contribution in [0.15, 0.2) is 72.4 Å². The summed E-state index contributed by atoms with van der Waals surface area (Å²) in [7, 11) is 0. The van der Waals surface area contributed by atoms with Gasteiger partial charge in [-0.25, -0.2) is 8.78 Å². The number of phenols is 1. The highest BCUT2D eigenvalue weighted by Gasteiger charge is 2.47. The van der Waals surface area contributed by atoms with Gasteiger partial charge in [0.15, 0.2) is 11.6 Å². The van der Waals surface area contributed by atoms with Crippen molar-refractivity contribution in [1.82, 2.24) is 4.98 Å². The highest BCUT2D eigenvalue weighted by molar-refractivity contribution is 6.52. The first kappa shape index (κ1) is 21.7. The molecule has 1 aromatic heterocycles. The van der Waals surface area contributed by atoms with Gasteiger partial charge in [0, 0.05) is 34.4 Å². The van der Waals surface area contributed by atoms with Crippen LogP contribution in [0.25, 0.3) is 16.7 Å². The summed E-state index contributed by atoms with van der Waals surface area (Å²) in [5, 5.41) is 21.7. The van der Waals surface area contributed by atoms with Crippen LogP contribution in [0.1, 0.15) is 17.2 Å². The molecule has 2 heterocycles. The lowest BCUT2D eigenvalue weighted by Crippen LogP contribution is -2.29. The van der Waals surface area contributed by atoms with Crippen LogP contribution in [0, 0.1) is 11.6 Å². The highest BCUT2D eigenvalue weighted by atomic mass is 35.5. The van der Waals surface area contributed by atoms with Gasteiger partial charge in [-0.3, -0.25) is 14.5 Å². The standard InChI is InChI=1S/C25H15ClF2N2O4/c26-16-9-12(5-8-20(16)31)22-21(23(32)15-11-29-19-4-2-1-3-14(15)19)24(33)25(34)30(22)13-6-7-17(27)18(28)10-13/h1-11,22,29,31-32H/b23-21-. The van der Waals surface area contributed by atoms with Crippen molar-refractivity contribution in [2.24, 2.45) is 0 Å². The Morgan fingerprint density at radius 1 is 1.00 bits per heavy atom. The van der Waals surface area contributed by atoms with E-state index < -0.39 is 35.1 Å². The summed E-state index contributed by atoms with van der Waals surface area (Å²) in [6.45, 7) is 0. The number of aromatic nitrogens is 1. The Hall–Kier alpha value is -4.17. The van der Waals surface area contributed by atoms with E-state index in [0.29, 0.717) is 10.9 Å². The van der Waals surface area contributed by atoms with E-state index >= 15 is 0 Å². The number of halogens is 3. The van der Waals surface area contributed by atoms with Crippen LogP contribution in [0.2, 0.25) is 5.02 Å². The number of nitrogens with one attached hydrogen (secondary N) is 1. The van der Waals surface area contributed by atoms with E-state index in [1.165, 1.54) is 24.4 Å². The van der Waals surface area contributed by atoms with Gasteiger partial charge in [0.2, 0.25) is 0 Å². The number of aromatic amines is 1. The number of aliphatic hydroxyl groups excluding tert-OH is 1. The summed E-state index contributed by atoms with van der Waals surface area (Å²) < 4.78 is 27.6. The van der Waals surface area contributed by atoms with Gasteiger partial charge in [0.25, 0.3) is 11.7 Å². The SMILES string of the molecule is O=C1C(=O)N(c2ccc(F)c(F)c2)C(c2ccc(O)c(Cl)c2)/C1=C(/O)c1c[nH]c2ccccc12. The number of phenolic OH excluding ortho intramolecular Hbond substituents is 1. The number of hydrogen-bond donors (Lipinski definition) is 3. The van der Waals surface area contributed by atoms with Crippen LogP contribution in [-0.2, 0) is 9.59 Å². The van der Waals surface area contributed by atoms with E-state index in [1.54, 1.807) is 24.3 Å². The lowest BCUT2D eigenvalue weighted by Gasteiger charge is -2.25. The zero-order valence-corrected chi connectivity index (χ0v) is 18.0. The average Bonchev–Trinajstić information content (AvgIpc) is 3.36. The summed E-state index contributed by atoms with van der Waals surface area (Å²) in [5.41, 5.74) is 0.902. The first-order chi connectivity index (χ1) is 16.3. The highest BCUT2D eigenvalue weighted by Crippen LogP contribution is 2.44. The number of ketones is 1. The quantitative estimate of drug-likeness (QED) is 0.207. The van der Waals surface area contributed by atoms with E-state index in [2.05, 4.69) is 4.98 Å². The number of rotatable bonds is 3. The molecule has 0 bridgehead atoms. The summed E-state index contributed by atoms with van der Waals surface area (Å²) >= 11 is 6.08. The summed E-state index contributed by atoms with van der Waals surface area (Å²) in [6.07, 6.45) is 1.51. The number of nitrogens with zero attached hydrogens (tertiary/aromatic N) is 1. The molecule has 3 aromatic carbocycles.